The van der Waals surface area contributed by atoms with Gasteiger partial charge in [0.25, 0.3) is 0 Å². The van der Waals surface area contributed by atoms with E-state index in [1.165, 1.54) is 0 Å². The summed E-state index contributed by atoms with van der Waals surface area (Å²) in [5, 5.41) is 9.02. The first-order chi connectivity index (χ1) is 6.13. The van der Waals surface area contributed by atoms with Gasteiger partial charge in [-0.3, -0.25) is 4.79 Å². The number of hydrogen-bond donors (Lipinski definition) is 2. The minimum Gasteiger partial charge on any atom is -0.465 e. The van der Waals surface area contributed by atoms with Crippen LogP contribution in [-0.4, -0.2) is 23.9 Å². The number of carbonyl (C=O) groups excluding carboxylic acids is 1. The van der Waals surface area contributed by atoms with Crippen molar-refractivity contribution in [1.82, 2.24) is 0 Å². The summed E-state index contributed by atoms with van der Waals surface area (Å²) >= 11 is 0. The fraction of sp³-hybridized carbons (Fsp3) is 0.889. The van der Waals surface area contributed by atoms with E-state index in [9.17, 15) is 4.79 Å². The van der Waals surface area contributed by atoms with Crippen LogP contribution >= 0.6 is 0 Å². The summed E-state index contributed by atoms with van der Waals surface area (Å²) in [6.45, 7) is 4.23. The van der Waals surface area contributed by atoms with E-state index in [1.807, 2.05) is 6.92 Å². The number of carbonyl (C=O) groups is 1. The third-order valence-corrected chi connectivity index (χ3v) is 1.90. The standard InChI is InChI=1S/C9H19NO3/c1-3-5-6-13-9(12)7(4-2)8(10)11/h7-8,11H,3-6,10H2,1-2H3. The van der Waals surface area contributed by atoms with Crippen molar-refractivity contribution < 1.29 is 14.6 Å². The molecule has 0 aromatic heterocycles. The van der Waals surface area contributed by atoms with Gasteiger partial charge in [-0.2, -0.15) is 0 Å². The molecule has 2 atom stereocenters. The summed E-state index contributed by atoms with van der Waals surface area (Å²) in [6.07, 6.45) is 1.22. The van der Waals surface area contributed by atoms with Gasteiger partial charge in [0.15, 0.2) is 0 Å². The minimum absolute atomic E-state index is 0.397. The fourth-order valence-corrected chi connectivity index (χ4v) is 0.972. The average molecular weight is 189 g/mol. The molecule has 0 fully saturated rings. The number of aliphatic hydroxyl groups excluding tert-OH is 1. The number of esters is 1. The van der Waals surface area contributed by atoms with Crippen molar-refractivity contribution in [2.75, 3.05) is 6.61 Å². The molecule has 0 amide bonds. The van der Waals surface area contributed by atoms with Gasteiger partial charge in [0.2, 0.25) is 0 Å². The molecular formula is C9H19NO3. The van der Waals surface area contributed by atoms with Crippen LogP contribution in [0.1, 0.15) is 33.1 Å². The molecule has 0 aliphatic rings. The van der Waals surface area contributed by atoms with Crippen molar-refractivity contribution in [3.63, 3.8) is 0 Å². The average Bonchev–Trinajstić information content (AvgIpc) is 2.05. The van der Waals surface area contributed by atoms with Crippen LogP contribution in [-0.2, 0) is 9.53 Å². The maximum atomic E-state index is 11.2. The topological polar surface area (TPSA) is 72.5 Å². The molecule has 0 bridgehead atoms. The molecule has 4 nitrogen and oxygen atoms in total. The Morgan fingerprint density at radius 2 is 2.15 bits per heavy atom. The van der Waals surface area contributed by atoms with E-state index in [-0.39, 0.29) is 0 Å². The quantitative estimate of drug-likeness (QED) is 0.365. The lowest BCUT2D eigenvalue weighted by Gasteiger charge is -2.16. The van der Waals surface area contributed by atoms with Gasteiger partial charge in [0.05, 0.1) is 12.5 Å². The predicted molar refractivity (Wildman–Crippen MR) is 49.8 cm³/mol. The van der Waals surface area contributed by atoms with Gasteiger partial charge in [-0.25, -0.2) is 0 Å². The Morgan fingerprint density at radius 3 is 2.54 bits per heavy atom. The number of nitrogens with two attached hydrogens (primary N) is 1. The summed E-state index contributed by atoms with van der Waals surface area (Å²) in [7, 11) is 0. The van der Waals surface area contributed by atoms with Crippen LogP contribution in [0, 0.1) is 5.92 Å². The lowest BCUT2D eigenvalue weighted by atomic mass is 10.1. The molecule has 78 valence electrons. The monoisotopic (exact) mass is 189 g/mol. The number of rotatable bonds is 6. The third kappa shape index (κ3) is 4.85. The number of aliphatic hydroxyl groups is 1. The Hall–Kier alpha value is -0.610. The number of unbranched alkanes of at least 4 members (excludes halogenated alkanes) is 1. The van der Waals surface area contributed by atoms with Crippen molar-refractivity contribution in [3.05, 3.63) is 0 Å². The predicted octanol–water partition coefficient (Wildman–Crippen LogP) is 0.633. The SMILES string of the molecule is CCCCOC(=O)C(CC)C(N)O. The molecule has 0 saturated heterocycles. The molecule has 0 spiro atoms. The second-order valence-electron chi connectivity index (χ2n) is 3.03. The van der Waals surface area contributed by atoms with Crippen LogP contribution in [0.5, 0.6) is 0 Å². The molecule has 0 radical (unpaired) electrons. The van der Waals surface area contributed by atoms with E-state index in [1.54, 1.807) is 6.92 Å². The summed E-state index contributed by atoms with van der Waals surface area (Å²) < 4.78 is 4.92. The highest BCUT2D eigenvalue weighted by Gasteiger charge is 2.23. The molecule has 4 heteroatoms. The highest BCUT2D eigenvalue weighted by atomic mass is 16.5. The Kier molecular flexibility index (Phi) is 6.54. The first-order valence-corrected chi connectivity index (χ1v) is 4.73. The van der Waals surface area contributed by atoms with Gasteiger partial charge in [-0.15, -0.1) is 0 Å². The van der Waals surface area contributed by atoms with E-state index in [4.69, 9.17) is 15.6 Å². The van der Waals surface area contributed by atoms with E-state index in [0.717, 1.165) is 12.8 Å². The van der Waals surface area contributed by atoms with E-state index in [2.05, 4.69) is 0 Å². The van der Waals surface area contributed by atoms with Crippen molar-refractivity contribution in [2.45, 2.75) is 39.3 Å². The minimum atomic E-state index is -1.11. The normalized spacial score (nSPS) is 15.1. The van der Waals surface area contributed by atoms with Crippen molar-refractivity contribution in [1.29, 1.82) is 0 Å². The molecule has 0 saturated carbocycles. The zero-order valence-electron chi connectivity index (χ0n) is 8.32. The zero-order valence-corrected chi connectivity index (χ0v) is 8.32. The van der Waals surface area contributed by atoms with Gasteiger partial charge in [-0.05, 0) is 12.8 Å². The first-order valence-electron chi connectivity index (χ1n) is 4.73. The van der Waals surface area contributed by atoms with Crippen LogP contribution in [0.15, 0.2) is 0 Å². The van der Waals surface area contributed by atoms with Crippen molar-refractivity contribution in [3.8, 4) is 0 Å². The van der Waals surface area contributed by atoms with E-state index >= 15 is 0 Å². The van der Waals surface area contributed by atoms with Gasteiger partial charge in [0, 0.05) is 0 Å². The van der Waals surface area contributed by atoms with Gasteiger partial charge in [0.1, 0.15) is 6.23 Å². The largest absolute Gasteiger partial charge is 0.465 e. The molecule has 0 heterocycles. The Bertz CT molecular complexity index is 148. The van der Waals surface area contributed by atoms with E-state index < -0.39 is 18.1 Å². The van der Waals surface area contributed by atoms with Gasteiger partial charge in [-0.1, -0.05) is 20.3 Å². The fourth-order valence-electron chi connectivity index (χ4n) is 0.972. The summed E-state index contributed by atoms with van der Waals surface area (Å²) in [5.74, 6) is -0.984. The Balaban J connectivity index is 3.78. The number of hydrogen-bond acceptors (Lipinski definition) is 4. The van der Waals surface area contributed by atoms with Crippen molar-refractivity contribution in [2.24, 2.45) is 11.7 Å². The van der Waals surface area contributed by atoms with Gasteiger partial charge < -0.3 is 15.6 Å². The van der Waals surface area contributed by atoms with Crippen LogP contribution in [0.25, 0.3) is 0 Å². The molecule has 2 unspecified atom stereocenters. The maximum Gasteiger partial charge on any atom is 0.312 e. The molecule has 0 aliphatic heterocycles. The number of ether oxygens (including phenoxy) is 1. The van der Waals surface area contributed by atoms with Crippen LogP contribution in [0.2, 0.25) is 0 Å². The smallest absolute Gasteiger partial charge is 0.312 e. The molecular weight excluding hydrogens is 170 g/mol. The second kappa shape index (κ2) is 6.86. The van der Waals surface area contributed by atoms with Gasteiger partial charge >= 0.3 is 5.97 Å². The van der Waals surface area contributed by atoms with Crippen molar-refractivity contribution >= 4 is 5.97 Å². The maximum absolute atomic E-state index is 11.2. The molecule has 3 N–H and O–H groups in total. The first kappa shape index (κ1) is 12.4. The summed E-state index contributed by atoms with van der Waals surface area (Å²) in [4.78, 5) is 11.2. The molecule has 0 aliphatic carbocycles. The Labute approximate surface area is 79.1 Å². The Morgan fingerprint density at radius 1 is 1.54 bits per heavy atom. The highest BCUT2D eigenvalue weighted by Crippen LogP contribution is 2.07. The van der Waals surface area contributed by atoms with Crippen LogP contribution in [0.3, 0.4) is 0 Å². The molecule has 13 heavy (non-hydrogen) atoms. The lowest BCUT2D eigenvalue weighted by molar-refractivity contribution is -0.152. The third-order valence-electron chi connectivity index (χ3n) is 1.90. The van der Waals surface area contributed by atoms with Crippen LogP contribution in [0.4, 0.5) is 0 Å². The summed E-state index contributed by atoms with van der Waals surface area (Å²) in [6, 6.07) is 0. The van der Waals surface area contributed by atoms with Crippen LogP contribution < -0.4 is 5.73 Å². The lowest BCUT2D eigenvalue weighted by Crippen LogP contribution is -2.36. The molecule has 0 aromatic carbocycles. The summed E-state index contributed by atoms with van der Waals surface area (Å²) in [5.41, 5.74) is 5.21. The molecule has 0 rings (SSSR count). The van der Waals surface area contributed by atoms with E-state index in [0.29, 0.717) is 13.0 Å². The zero-order chi connectivity index (χ0) is 10.3. The second-order valence-corrected chi connectivity index (χ2v) is 3.03. The highest BCUT2D eigenvalue weighted by molar-refractivity contribution is 5.72. The molecule has 0 aromatic rings.